The summed E-state index contributed by atoms with van der Waals surface area (Å²) in [5.74, 6) is 0. The lowest BCUT2D eigenvalue weighted by Crippen LogP contribution is -2.56. The van der Waals surface area contributed by atoms with Crippen LogP contribution in [-0.4, -0.2) is 22.9 Å². The highest BCUT2D eigenvalue weighted by Gasteiger charge is 2.50. The van der Waals surface area contributed by atoms with Crippen molar-refractivity contribution in [2.45, 2.75) is 80.0 Å². The average Bonchev–Trinajstić information content (AvgIpc) is 2.23. The maximum atomic E-state index is 2.61. The van der Waals surface area contributed by atoms with E-state index in [1.54, 1.807) is 10.7 Å². The van der Waals surface area contributed by atoms with Gasteiger partial charge in [0.1, 0.15) is 8.07 Å². The van der Waals surface area contributed by atoms with E-state index in [0.29, 0.717) is 5.41 Å². The molecule has 20 heavy (non-hydrogen) atoms. The van der Waals surface area contributed by atoms with Crippen molar-refractivity contribution in [1.82, 2.24) is 0 Å². The molecule has 0 bridgehead atoms. The van der Waals surface area contributed by atoms with Crippen LogP contribution in [0.3, 0.4) is 0 Å². The van der Waals surface area contributed by atoms with Crippen LogP contribution >= 0.6 is 0 Å². The summed E-state index contributed by atoms with van der Waals surface area (Å²) in [4.78, 5) is 1.97. The molecule has 1 rings (SSSR count). The third-order valence-corrected chi connectivity index (χ3v) is 13.8. The fraction of sp³-hybridized carbons (Fsp3) is 0.765. The van der Waals surface area contributed by atoms with E-state index in [-0.39, 0.29) is 0 Å². The minimum Gasteiger partial charge on any atom is -0.0919 e. The van der Waals surface area contributed by atoms with Crippen molar-refractivity contribution in [2.24, 2.45) is 5.41 Å². The van der Waals surface area contributed by atoms with Gasteiger partial charge in [-0.15, -0.1) is 0 Å². The van der Waals surface area contributed by atoms with Crippen LogP contribution in [0.2, 0.25) is 45.4 Å². The van der Waals surface area contributed by atoms with Gasteiger partial charge in [-0.1, -0.05) is 102 Å². The molecule has 0 aliphatic carbocycles. The van der Waals surface area contributed by atoms with Gasteiger partial charge in [-0.25, -0.2) is 0 Å². The Balaban J connectivity index is 3.49. The molecule has 0 fully saturated rings. The van der Waals surface area contributed by atoms with Crippen LogP contribution in [0.1, 0.15) is 34.6 Å². The van der Waals surface area contributed by atoms with Crippen molar-refractivity contribution in [2.75, 3.05) is 0 Å². The van der Waals surface area contributed by atoms with Gasteiger partial charge in [0.05, 0.1) is 8.07 Å². The molecule has 0 spiro atoms. The van der Waals surface area contributed by atoms with Crippen LogP contribution in [0.4, 0.5) is 0 Å². The maximum Gasteiger partial charge on any atom is 0.174 e. The molecule has 3 heteroatoms. The topological polar surface area (TPSA) is 0 Å². The summed E-state index contributed by atoms with van der Waals surface area (Å²) in [5.41, 5.74) is 2.11. The van der Waals surface area contributed by atoms with Crippen LogP contribution in [0.5, 0.6) is 0 Å². The van der Waals surface area contributed by atoms with Gasteiger partial charge >= 0.3 is 0 Å². The van der Waals surface area contributed by atoms with Crippen LogP contribution < -0.4 is 0 Å². The van der Waals surface area contributed by atoms with E-state index < -0.39 is 16.1 Å². The van der Waals surface area contributed by atoms with Gasteiger partial charge in [0.2, 0.25) is 0 Å². The summed E-state index contributed by atoms with van der Waals surface area (Å²) in [6.07, 6.45) is 5.20. The average molecular weight is 306 g/mol. The molecule has 0 amide bonds. The van der Waals surface area contributed by atoms with Crippen molar-refractivity contribution >= 4 is 22.9 Å². The Morgan fingerprint density at radius 1 is 1.05 bits per heavy atom. The van der Waals surface area contributed by atoms with Gasteiger partial charge < -0.3 is 0 Å². The Kier molecular flexibility index (Phi) is 5.08. The molecule has 0 aromatic heterocycles. The Bertz CT molecular complexity index is 427. The van der Waals surface area contributed by atoms with E-state index in [0.717, 1.165) is 6.71 Å². The minimum atomic E-state index is -1.31. The molecule has 1 aliphatic rings. The third-order valence-electron chi connectivity index (χ3n) is 4.58. The lowest BCUT2D eigenvalue weighted by atomic mass is 9.40. The predicted molar refractivity (Wildman–Crippen MR) is 102 cm³/mol. The molecule has 1 aliphatic heterocycles. The van der Waals surface area contributed by atoms with Crippen LogP contribution in [0.15, 0.2) is 21.6 Å². The van der Waals surface area contributed by atoms with Crippen LogP contribution in [0, 0.1) is 5.41 Å². The van der Waals surface area contributed by atoms with Gasteiger partial charge in [0.25, 0.3) is 0 Å². The normalized spacial score (nSPS) is 21.2. The Labute approximate surface area is 130 Å². The maximum absolute atomic E-state index is 2.61. The Morgan fingerprint density at radius 2 is 1.50 bits per heavy atom. The highest BCUT2D eigenvalue weighted by molar-refractivity contribution is 7.14. The van der Waals surface area contributed by atoms with E-state index >= 15 is 0 Å². The van der Waals surface area contributed by atoms with E-state index in [1.807, 2.05) is 4.82 Å². The lowest BCUT2D eigenvalue weighted by Gasteiger charge is -2.51. The molecule has 1 heterocycles. The second-order valence-corrected chi connectivity index (χ2v) is 18.9. The van der Waals surface area contributed by atoms with E-state index in [9.17, 15) is 0 Å². The third kappa shape index (κ3) is 3.41. The van der Waals surface area contributed by atoms with Gasteiger partial charge in [-0.2, -0.15) is 0 Å². The molecule has 0 N–H and O–H groups in total. The standard InChI is InChI=1S/C17H35BSi2/c1-11-18(12-2)15-14(13-17(3,4)5)20(9,10)16(15)19(6,7)8/h13H,11-12H2,1-10H3/b14-13-. The molecule has 114 valence electrons. The summed E-state index contributed by atoms with van der Waals surface area (Å²) >= 11 is 0. The molecule has 0 unspecified atom stereocenters. The molecule has 0 atom stereocenters. The molecule has 0 saturated heterocycles. The number of hydrogen-bond donors (Lipinski definition) is 0. The first-order chi connectivity index (χ1) is 8.86. The zero-order valence-corrected chi connectivity index (χ0v) is 17.6. The zero-order chi connectivity index (χ0) is 15.9. The fourth-order valence-corrected chi connectivity index (χ4v) is 16.1. The fourth-order valence-electron chi connectivity index (χ4n) is 4.03. The first kappa shape index (κ1) is 18.0. The predicted octanol–water partition coefficient (Wildman–Crippen LogP) is 6.01. The molecule has 0 aromatic rings. The first-order valence-corrected chi connectivity index (χ1v) is 14.8. The smallest absolute Gasteiger partial charge is 0.0919 e. The van der Waals surface area contributed by atoms with Gasteiger partial charge in [-0.3, -0.25) is 0 Å². The summed E-state index contributed by atoms with van der Waals surface area (Å²) in [7, 11) is -2.49. The molecule has 0 radical (unpaired) electrons. The summed E-state index contributed by atoms with van der Waals surface area (Å²) in [6.45, 7) is 25.4. The van der Waals surface area contributed by atoms with Gasteiger partial charge in [0.15, 0.2) is 6.71 Å². The minimum absolute atomic E-state index is 0.307. The Hall–Kier alpha value is -0.0213. The largest absolute Gasteiger partial charge is 0.174 e. The number of rotatable bonds is 4. The zero-order valence-electron chi connectivity index (χ0n) is 15.6. The van der Waals surface area contributed by atoms with Gasteiger partial charge in [0, 0.05) is 0 Å². The first-order valence-electron chi connectivity index (χ1n) is 8.35. The second-order valence-electron chi connectivity index (χ2n) is 9.10. The SMILES string of the molecule is CCB(CC)C1=C([Si](C)(C)C)[Si](C)(C)/C1=C\C(C)(C)C. The van der Waals surface area contributed by atoms with Crippen molar-refractivity contribution < 1.29 is 0 Å². The van der Waals surface area contributed by atoms with Crippen molar-refractivity contribution in [3.63, 3.8) is 0 Å². The molecule has 0 nitrogen and oxygen atoms in total. The summed E-state index contributed by atoms with van der Waals surface area (Å²) in [6, 6.07) is 0. The molecular weight excluding hydrogens is 271 g/mol. The lowest BCUT2D eigenvalue weighted by molar-refractivity contribution is 0.542. The molecule has 0 aromatic carbocycles. The van der Waals surface area contributed by atoms with Crippen LogP contribution in [0.25, 0.3) is 0 Å². The van der Waals surface area contributed by atoms with E-state index in [2.05, 4.69) is 73.4 Å². The second kappa shape index (κ2) is 5.64. The Morgan fingerprint density at radius 3 is 1.80 bits per heavy atom. The molecule has 0 saturated carbocycles. The highest BCUT2D eigenvalue weighted by Crippen LogP contribution is 2.49. The number of hydrogen-bond acceptors (Lipinski definition) is 0. The quantitative estimate of drug-likeness (QED) is 0.558. The van der Waals surface area contributed by atoms with E-state index in [1.165, 1.54) is 12.6 Å². The van der Waals surface area contributed by atoms with Crippen LogP contribution in [-0.2, 0) is 0 Å². The summed E-state index contributed by atoms with van der Waals surface area (Å²) < 4.78 is 0. The van der Waals surface area contributed by atoms with Gasteiger partial charge in [-0.05, 0) is 5.41 Å². The highest BCUT2D eigenvalue weighted by atomic mass is 28.4. The monoisotopic (exact) mass is 306 g/mol. The van der Waals surface area contributed by atoms with Crippen molar-refractivity contribution in [3.8, 4) is 0 Å². The molecular formula is C17H35BSi2. The summed E-state index contributed by atoms with van der Waals surface area (Å²) in [5, 5.41) is 1.79. The van der Waals surface area contributed by atoms with Crippen molar-refractivity contribution in [3.05, 3.63) is 21.6 Å². The van der Waals surface area contributed by atoms with Crippen molar-refractivity contribution in [1.29, 1.82) is 0 Å². The van der Waals surface area contributed by atoms with E-state index in [4.69, 9.17) is 0 Å². The number of allylic oxidation sites excluding steroid dienone is 3.